The molecule has 342 valence electrons. The number of nitrogens with zero attached hydrogens (tertiary/aromatic N) is 4. The van der Waals surface area contributed by atoms with Gasteiger partial charge in [0.1, 0.15) is 23.1 Å². The molecule has 18 heteroatoms. The number of nitrogens with two attached hydrogens (primary N) is 1. The lowest BCUT2D eigenvalue weighted by Crippen LogP contribution is -2.45. The van der Waals surface area contributed by atoms with Gasteiger partial charge in [0.05, 0.1) is 40.4 Å². The molecule has 64 heavy (non-hydrogen) atoms. The Morgan fingerprint density at radius 3 is 1.42 bits per heavy atom. The van der Waals surface area contributed by atoms with Crippen molar-refractivity contribution in [3.63, 3.8) is 0 Å². The van der Waals surface area contributed by atoms with Crippen LogP contribution in [0.2, 0.25) is 0 Å². The summed E-state index contributed by atoms with van der Waals surface area (Å²) in [5, 5.41) is 1.46. The second kappa shape index (κ2) is 22.7. The van der Waals surface area contributed by atoms with Crippen LogP contribution < -0.4 is 30.3 Å². The number of rotatable bonds is 13. The van der Waals surface area contributed by atoms with E-state index in [0.29, 0.717) is 54.6 Å². The Labute approximate surface area is 367 Å². The predicted octanol–water partition coefficient (Wildman–Crippen LogP) is 7.90. The van der Waals surface area contributed by atoms with Crippen molar-refractivity contribution in [3.8, 4) is 11.5 Å². The van der Waals surface area contributed by atoms with E-state index in [9.17, 15) is 45.9 Å². The number of ether oxygens (including phenoxy) is 2. The number of hydrogen-bond acceptors (Lipinski definition) is 8. The van der Waals surface area contributed by atoms with Crippen LogP contribution >= 0.6 is 0 Å². The lowest BCUT2D eigenvalue weighted by atomic mass is 10.1. The summed E-state index contributed by atoms with van der Waals surface area (Å²) in [5.74, 6) is -3.69. The summed E-state index contributed by atoms with van der Waals surface area (Å²) in [6.45, 7) is 1.33. The van der Waals surface area contributed by atoms with Gasteiger partial charge in [-0.2, -0.15) is 13.2 Å². The van der Waals surface area contributed by atoms with Gasteiger partial charge in [-0.15, -0.1) is 0 Å². The first-order valence-corrected chi connectivity index (χ1v) is 20.7. The Hall–Kier alpha value is -6.56. The fraction of sp³-hybridized carbons (Fsp3) is 0.370. The molecule has 2 aliphatic heterocycles. The molecular formula is C46H51F5N6O7. The van der Waals surface area contributed by atoms with Crippen LogP contribution in [0.15, 0.2) is 84.9 Å². The number of urea groups is 2. The number of amides is 5. The third kappa shape index (κ3) is 13.0. The number of hydrogen-bond donors (Lipinski definition) is 2. The monoisotopic (exact) mass is 894 g/mol. The van der Waals surface area contributed by atoms with Gasteiger partial charge in [-0.1, -0.05) is 36.4 Å². The van der Waals surface area contributed by atoms with Crippen molar-refractivity contribution in [2.75, 3.05) is 63.3 Å². The fourth-order valence-corrected chi connectivity index (χ4v) is 7.13. The number of anilines is 2. The van der Waals surface area contributed by atoms with Gasteiger partial charge in [-0.25, -0.2) is 18.4 Å². The minimum Gasteiger partial charge on any atom is -0.497 e. The minimum absolute atomic E-state index is 0.0471. The van der Waals surface area contributed by atoms with E-state index in [4.69, 9.17) is 15.2 Å². The summed E-state index contributed by atoms with van der Waals surface area (Å²) < 4.78 is 77.1. The molecule has 0 radical (unpaired) electrons. The maximum atomic E-state index is 14.9. The Balaban J connectivity index is 0.000000245. The van der Waals surface area contributed by atoms with Crippen molar-refractivity contribution in [3.05, 3.63) is 119 Å². The Morgan fingerprint density at radius 2 is 1.05 bits per heavy atom. The lowest BCUT2D eigenvalue weighted by Gasteiger charge is -2.33. The number of halogens is 5. The molecule has 4 aromatic rings. The van der Waals surface area contributed by atoms with E-state index in [1.54, 1.807) is 76.4 Å². The Kier molecular flexibility index (Phi) is 17.2. The molecule has 0 unspecified atom stereocenters. The van der Waals surface area contributed by atoms with Crippen LogP contribution in [0.25, 0.3) is 0 Å². The smallest absolute Gasteiger partial charge is 0.471 e. The lowest BCUT2D eigenvalue weighted by molar-refractivity contribution is -0.173. The van der Waals surface area contributed by atoms with E-state index < -0.39 is 36.0 Å². The van der Waals surface area contributed by atoms with Crippen molar-refractivity contribution in [1.82, 2.24) is 15.1 Å². The molecule has 0 atom stereocenters. The molecule has 2 fully saturated rings. The summed E-state index contributed by atoms with van der Waals surface area (Å²) >= 11 is 0. The predicted molar refractivity (Wildman–Crippen MR) is 230 cm³/mol. The molecule has 6 rings (SSSR count). The first-order chi connectivity index (χ1) is 30.6. The van der Waals surface area contributed by atoms with Crippen LogP contribution in [0.3, 0.4) is 0 Å². The topological polar surface area (TPSA) is 155 Å². The molecule has 0 spiro atoms. The molecule has 13 nitrogen and oxygen atoms in total. The van der Waals surface area contributed by atoms with Gasteiger partial charge in [-0.3, -0.25) is 24.2 Å². The third-order valence-electron chi connectivity index (χ3n) is 10.7. The zero-order chi connectivity index (χ0) is 46.4. The van der Waals surface area contributed by atoms with E-state index in [1.807, 2.05) is 0 Å². The number of likely N-dealkylation sites (tertiary alicyclic amines) is 2. The summed E-state index contributed by atoms with van der Waals surface area (Å²) in [6, 6.07) is 21.1. The van der Waals surface area contributed by atoms with E-state index in [1.165, 1.54) is 41.6 Å². The molecule has 2 aliphatic rings. The van der Waals surface area contributed by atoms with Crippen molar-refractivity contribution in [2.45, 2.75) is 57.8 Å². The molecule has 0 aliphatic carbocycles. The molecule has 3 N–H and O–H groups in total. The molecule has 0 aromatic heterocycles. The van der Waals surface area contributed by atoms with E-state index in [-0.39, 0.29) is 54.2 Å². The van der Waals surface area contributed by atoms with Gasteiger partial charge in [0.15, 0.2) is 11.6 Å². The minimum atomic E-state index is -5.13. The quantitative estimate of drug-likeness (QED) is 0.102. The second-order valence-electron chi connectivity index (χ2n) is 15.1. The van der Waals surface area contributed by atoms with Crippen LogP contribution in [0, 0.1) is 11.6 Å². The van der Waals surface area contributed by atoms with Crippen LogP contribution in [0.5, 0.6) is 11.5 Å². The standard InChI is InChI=1S/C24H25F4N3O4.C22H26FN3O3/c1-35-19-7-5-6-18(13-19)31(23(34)30-10-3-2-4-11-30)15-17-9-8-16(12-20(17)25)21(32)14-29-22(33)24(26,27)28;1-29-19-7-5-6-18(13-19)26(22(28)25-10-3-2-4-11-25)15-17-9-8-16(12-20(17)23)21(27)14-24/h5-9,12-13H,2-4,10-11,14-15H2,1H3,(H,29,33);5-9,12-13H,2-4,10-11,14-15,24H2,1H3. The van der Waals surface area contributed by atoms with Gasteiger partial charge < -0.3 is 30.3 Å². The first kappa shape index (κ1) is 48.5. The number of methoxy groups -OCH3 is 2. The maximum Gasteiger partial charge on any atom is 0.471 e. The summed E-state index contributed by atoms with van der Waals surface area (Å²) in [5.41, 5.74) is 6.93. The highest BCUT2D eigenvalue weighted by Gasteiger charge is 2.38. The number of nitrogens with one attached hydrogen (secondary N) is 1. The summed E-state index contributed by atoms with van der Waals surface area (Å²) in [4.78, 5) is 67.8. The molecule has 5 amide bonds. The largest absolute Gasteiger partial charge is 0.497 e. The van der Waals surface area contributed by atoms with Gasteiger partial charge in [0, 0.05) is 71.9 Å². The van der Waals surface area contributed by atoms with Gasteiger partial charge in [-0.05, 0) is 74.9 Å². The second-order valence-corrected chi connectivity index (χ2v) is 15.1. The maximum absolute atomic E-state index is 14.9. The average molecular weight is 895 g/mol. The number of Topliss-reactive ketones (excluding diaryl/α,β-unsaturated/α-hetero) is 2. The van der Waals surface area contributed by atoms with Crippen LogP contribution in [-0.2, 0) is 17.9 Å². The Morgan fingerprint density at radius 1 is 0.625 bits per heavy atom. The summed E-state index contributed by atoms with van der Waals surface area (Å²) in [6.07, 6.45) is 0.663. The zero-order valence-electron chi connectivity index (χ0n) is 35.6. The number of ketones is 2. The highest BCUT2D eigenvalue weighted by atomic mass is 19.4. The highest BCUT2D eigenvalue weighted by Crippen LogP contribution is 2.28. The van der Waals surface area contributed by atoms with Crippen LogP contribution in [0.1, 0.15) is 70.4 Å². The number of carbonyl (C=O) groups is 5. The van der Waals surface area contributed by atoms with Crippen molar-refractivity contribution < 1.29 is 55.4 Å². The Bertz CT molecular complexity index is 2280. The van der Waals surface area contributed by atoms with Gasteiger partial charge >= 0.3 is 24.1 Å². The molecule has 2 heterocycles. The normalized spacial score (nSPS) is 13.8. The average Bonchev–Trinajstić information content (AvgIpc) is 3.32. The number of benzene rings is 4. The van der Waals surface area contributed by atoms with Gasteiger partial charge in [0.25, 0.3) is 0 Å². The third-order valence-corrected chi connectivity index (χ3v) is 10.7. The molecular weight excluding hydrogens is 844 g/mol. The number of piperidine rings is 2. The molecule has 0 saturated carbocycles. The SMILES string of the molecule is COc1cccc(N(Cc2ccc(C(=O)CN)cc2F)C(=O)N2CCCCC2)c1.COc1cccc(N(Cc2ccc(C(=O)CNC(=O)C(F)(F)F)cc2F)C(=O)N2CCCCC2)c1. The first-order valence-electron chi connectivity index (χ1n) is 20.7. The zero-order valence-corrected chi connectivity index (χ0v) is 35.6. The van der Waals surface area contributed by atoms with Crippen LogP contribution in [-0.4, -0.2) is 99.0 Å². The van der Waals surface area contributed by atoms with Crippen LogP contribution in [0.4, 0.5) is 42.9 Å². The number of alkyl halides is 3. The summed E-state index contributed by atoms with van der Waals surface area (Å²) in [7, 11) is 3.05. The fourth-order valence-electron chi connectivity index (χ4n) is 7.13. The van der Waals surface area contributed by atoms with Gasteiger partial charge in [0.2, 0.25) is 0 Å². The molecule has 0 bridgehead atoms. The highest BCUT2D eigenvalue weighted by molar-refractivity contribution is 6.00. The number of carbonyl (C=O) groups excluding carboxylic acids is 5. The van der Waals surface area contributed by atoms with Crippen molar-refractivity contribution in [2.24, 2.45) is 5.73 Å². The van der Waals surface area contributed by atoms with E-state index in [2.05, 4.69) is 0 Å². The van der Waals surface area contributed by atoms with Crippen molar-refractivity contribution >= 4 is 40.9 Å². The molecule has 2 saturated heterocycles. The van der Waals surface area contributed by atoms with E-state index >= 15 is 0 Å². The van der Waals surface area contributed by atoms with E-state index in [0.717, 1.165) is 44.6 Å². The van der Waals surface area contributed by atoms with Crippen molar-refractivity contribution in [1.29, 1.82) is 0 Å². The molecule has 4 aromatic carbocycles.